The van der Waals surface area contributed by atoms with Gasteiger partial charge in [-0.05, 0) is 36.8 Å². The molecule has 1 aromatic heterocycles. The first-order valence-electron chi connectivity index (χ1n) is 13.4. The van der Waals surface area contributed by atoms with Crippen LogP contribution in [0.3, 0.4) is 0 Å². The number of carboxylic acids is 1. The second-order valence-corrected chi connectivity index (χ2v) is 10.4. The van der Waals surface area contributed by atoms with Gasteiger partial charge in [0, 0.05) is 43.2 Å². The quantitative estimate of drug-likeness (QED) is 0.415. The van der Waals surface area contributed by atoms with E-state index in [9.17, 15) is 24.3 Å². The van der Waals surface area contributed by atoms with E-state index in [1.807, 2.05) is 32.0 Å². The van der Waals surface area contributed by atoms with Crippen molar-refractivity contribution in [2.45, 2.75) is 65.0 Å². The minimum Gasteiger partial charge on any atom is -0.481 e. The molecule has 0 saturated heterocycles. The summed E-state index contributed by atoms with van der Waals surface area (Å²) in [6, 6.07) is 7.15. The number of para-hydroxylation sites is 1. The predicted octanol–water partition coefficient (Wildman–Crippen LogP) is 3.08. The molecule has 10 heteroatoms. The highest BCUT2D eigenvalue weighted by atomic mass is 16.5. The number of rotatable bonds is 8. The summed E-state index contributed by atoms with van der Waals surface area (Å²) in [4.78, 5) is 50.6. The number of hydrogen-bond donors (Lipinski definition) is 4. The molecule has 10 nitrogen and oxygen atoms in total. The summed E-state index contributed by atoms with van der Waals surface area (Å²) in [5.41, 5.74) is 2.03. The van der Waals surface area contributed by atoms with Crippen LogP contribution < -0.4 is 16.0 Å². The summed E-state index contributed by atoms with van der Waals surface area (Å²) in [5.74, 6) is -4.15. The number of carbonyl (C=O) groups excluding carboxylic acids is 3. The van der Waals surface area contributed by atoms with Crippen LogP contribution in [0.15, 0.2) is 30.5 Å². The monoisotopic (exact) mass is 528 g/mol. The fourth-order valence-electron chi connectivity index (χ4n) is 5.10. The number of amides is 3. The standard InChI is InChI=1S/C28H40N4O6/c1-18(2)14-21(22(27(35)36)16-30-28(37)38-3)25(33)31-23-15-19-17-32(24-11-7-6-10-20(19)24)13-9-5-4-8-12-29-26(23)34/h6-7,10-11,17-18,21-23H,4-5,8-9,12-16H2,1-3H3,(H,29,34)(H,30,37)(H,31,33)(H,35,36)/t21-,22?,23?/m1/s1. The molecule has 3 amide bonds. The van der Waals surface area contributed by atoms with Crippen LogP contribution in [0.2, 0.25) is 0 Å². The van der Waals surface area contributed by atoms with E-state index in [2.05, 4.69) is 37.5 Å². The Balaban J connectivity index is 1.90. The number of benzene rings is 1. The minimum absolute atomic E-state index is 0.0117. The Morgan fingerprint density at radius 2 is 1.87 bits per heavy atom. The van der Waals surface area contributed by atoms with E-state index in [0.29, 0.717) is 6.54 Å². The highest BCUT2D eigenvalue weighted by molar-refractivity contribution is 5.92. The molecule has 2 aromatic rings. The number of ether oxygens (including phenoxy) is 1. The molecule has 38 heavy (non-hydrogen) atoms. The predicted molar refractivity (Wildman–Crippen MR) is 144 cm³/mol. The van der Waals surface area contributed by atoms with E-state index in [-0.39, 0.29) is 31.2 Å². The van der Waals surface area contributed by atoms with Gasteiger partial charge in [-0.1, -0.05) is 44.9 Å². The summed E-state index contributed by atoms with van der Waals surface area (Å²) in [5, 5.41) is 19.2. The third-order valence-corrected chi connectivity index (χ3v) is 7.07. The molecule has 2 unspecified atom stereocenters. The van der Waals surface area contributed by atoms with Crippen molar-refractivity contribution in [1.82, 2.24) is 20.5 Å². The number of hydrogen-bond acceptors (Lipinski definition) is 5. The first kappa shape index (κ1) is 29.0. The second kappa shape index (κ2) is 13.8. The summed E-state index contributed by atoms with van der Waals surface area (Å²) >= 11 is 0. The highest BCUT2D eigenvalue weighted by Gasteiger charge is 2.36. The average molecular weight is 529 g/mol. The fraction of sp³-hybridized carbons (Fsp3) is 0.571. The lowest BCUT2D eigenvalue weighted by Gasteiger charge is -2.27. The van der Waals surface area contributed by atoms with Gasteiger partial charge in [-0.15, -0.1) is 0 Å². The van der Waals surface area contributed by atoms with Gasteiger partial charge < -0.3 is 30.4 Å². The van der Waals surface area contributed by atoms with Crippen molar-refractivity contribution >= 4 is 34.8 Å². The van der Waals surface area contributed by atoms with Gasteiger partial charge in [0.15, 0.2) is 0 Å². The smallest absolute Gasteiger partial charge is 0.406 e. The number of alkyl carbamates (subject to hydrolysis) is 1. The number of fused-ring (bicyclic) bond motifs is 5. The average Bonchev–Trinajstić information content (AvgIpc) is 3.23. The van der Waals surface area contributed by atoms with E-state index in [1.165, 1.54) is 7.11 Å². The molecule has 0 radical (unpaired) electrons. The van der Waals surface area contributed by atoms with Gasteiger partial charge in [0.2, 0.25) is 11.8 Å². The molecule has 2 heterocycles. The van der Waals surface area contributed by atoms with Crippen molar-refractivity contribution in [3.8, 4) is 0 Å². The maximum atomic E-state index is 13.6. The molecule has 4 N–H and O–H groups in total. The number of nitrogens with one attached hydrogen (secondary N) is 3. The SMILES string of the molecule is COC(=O)NCC(C(=O)O)[C@@H](CC(C)C)C(=O)NC1Cc2cn(c3ccccc23)CCCCCCNC1=O. The van der Waals surface area contributed by atoms with Crippen LogP contribution in [0.1, 0.15) is 51.5 Å². The normalized spacial score (nSPS) is 18.3. The number of aromatic nitrogens is 1. The van der Waals surface area contributed by atoms with E-state index >= 15 is 0 Å². The molecule has 1 aliphatic rings. The molecule has 0 aliphatic carbocycles. The van der Waals surface area contributed by atoms with Crippen molar-refractivity contribution in [2.75, 3.05) is 20.2 Å². The maximum absolute atomic E-state index is 13.6. The number of methoxy groups -OCH3 is 1. The molecule has 3 atom stereocenters. The Hall–Kier alpha value is -3.56. The number of carbonyl (C=O) groups is 4. The van der Waals surface area contributed by atoms with Crippen molar-refractivity contribution in [2.24, 2.45) is 17.8 Å². The molecule has 0 fully saturated rings. The van der Waals surface area contributed by atoms with Gasteiger partial charge in [0.1, 0.15) is 6.04 Å². The Morgan fingerprint density at radius 3 is 2.58 bits per heavy atom. The molecule has 1 aromatic carbocycles. The van der Waals surface area contributed by atoms with Crippen LogP contribution in [-0.4, -0.2) is 59.8 Å². The van der Waals surface area contributed by atoms with Gasteiger partial charge in [0.05, 0.1) is 18.9 Å². The van der Waals surface area contributed by atoms with Crippen molar-refractivity contribution in [3.05, 3.63) is 36.0 Å². The number of carboxylic acid groups (broad SMARTS) is 1. The van der Waals surface area contributed by atoms with Crippen LogP contribution in [0.5, 0.6) is 0 Å². The molecule has 2 bridgehead atoms. The molecule has 1 aliphatic heterocycles. The summed E-state index contributed by atoms with van der Waals surface area (Å²) in [6.07, 6.45) is 5.78. The lowest BCUT2D eigenvalue weighted by molar-refractivity contribution is -0.147. The van der Waals surface area contributed by atoms with Crippen LogP contribution >= 0.6 is 0 Å². The van der Waals surface area contributed by atoms with Gasteiger partial charge in [-0.25, -0.2) is 4.79 Å². The first-order chi connectivity index (χ1) is 18.2. The van der Waals surface area contributed by atoms with E-state index < -0.39 is 35.8 Å². The van der Waals surface area contributed by atoms with Crippen molar-refractivity contribution in [3.63, 3.8) is 0 Å². The number of nitrogens with zero attached hydrogens (tertiary/aromatic N) is 1. The van der Waals surface area contributed by atoms with Crippen LogP contribution in [0.25, 0.3) is 10.9 Å². The Kier molecular flexibility index (Phi) is 10.6. The zero-order chi connectivity index (χ0) is 27.7. The van der Waals surface area contributed by atoms with Gasteiger partial charge in [0.25, 0.3) is 0 Å². The van der Waals surface area contributed by atoms with Crippen molar-refractivity contribution < 1.29 is 29.0 Å². The molecular weight excluding hydrogens is 488 g/mol. The van der Waals surface area contributed by atoms with Gasteiger partial charge >= 0.3 is 12.1 Å². The third-order valence-electron chi connectivity index (χ3n) is 7.07. The molecule has 3 rings (SSSR count). The molecule has 0 spiro atoms. The molecular formula is C28H40N4O6. The molecule has 0 saturated carbocycles. The lowest BCUT2D eigenvalue weighted by atomic mass is 9.84. The number of aliphatic carboxylic acids is 1. The largest absolute Gasteiger partial charge is 0.481 e. The molecule has 208 valence electrons. The zero-order valence-corrected chi connectivity index (χ0v) is 22.5. The van der Waals surface area contributed by atoms with Gasteiger partial charge in [-0.3, -0.25) is 14.4 Å². The van der Waals surface area contributed by atoms with Gasteiger partial charge in [-0.2, -0.15) is 0 Å². The van der Waals surface area contributed by atoms with Crippen molar-refractivity contribution in [1.29, 1.82) is 0 Å². The van der Waals surface area contributed by atoms with Crippen LogP contribution in [0, 0.1) is 17.8 Å². The minimum atomic E-state index is -1.20. The lowest BCUT2D eigenvalue weighted by Crippen LogP contribution is -2.52. The fourth-order valence-corrected chi connectivity index (χ4v) is 5.10. The zero-order valence-electron chi connectivity index (χ0n) is 22.5. The first-order valence-corrected chi connectivity index (χ1v) is 13.4. The van der Waals surface area contributed by atoms with E-state index in [4.69, 9.17) is 0 Å². The Bertz CT molecular complexity index is 1130. The Morgan fingerprint density at radius 1 is 1.13 bits per heavy atom. The van der Waals surface area contributed by atoms with Crippen LogP contribution in [-0.2, 0) is 32.1 Å². The van der Waals surface area contributed by atoms with E-state index in [0.717, 1.165) is 48.7 Å². The third kappa shape index (κ3) is 7.72. The summed E-state index contributed by atoms with van der Waals surface area (Å²) in [7, 11) is 1.19. The highest BCUT2D eigenvalue weighted by Crippen LogP contribution is 2.25. The second-order valence-electron chi connectivity index (χ2n) is 10.4. The maximum Gasteiger partial charge on any atom is 0.406 e. The Labute approximate surface area is 223 Å². The summed E-state index contributed by atoms with van der Waals surface area (Å²) in [6.45, 7) is 4.92. The topological polar surface area (TPSA) is 139 Å². The number of aryl methyl sites for hydroxylation is 1. The summed E-state index contributed by atoms with van der Waals surface area (Å²) < 4.78 is 6.77. The van der Waals surface area contributed by atoms with E-state index in [1.54, 1.807) is 0 Å². The van der Waals surface area contributed by atoms with Crippen LogP contribution in [0.4, 0.5) is 4.79 Å².